The minimum Gasteiger partial charge on any atom is -0.508 e. The molecule has 0 spiro atoms. The Hall–Kier alpha value is -1.07. The first-order valence-electron chi connectivity index (χ1n) is 7.48. The van der Waals surface area contributed by atoms with E-state index in [2.05, 4.69) is 20.8 Å². The molecule has 2 unspecified atom stereocenters. The summed E-state index contributed by atoms with van der Waals surface area (Å²) in [4.78, 5) is 13.4. The maximum Gasteiger partial charge on any atom is 0.303 e. The summed E-state index contributed by atoms with van der Waals surface area (Å²) >= 11 is 3.45. The Morgan fingerprint density at radius 2 is 1.95 bits per heavy atom. The Morgan fingerprint density at radius 1 is 1.29 bits per heavy atom. The molecule has 0 aromatic heterocycles. The van der Waals surface area contributed by atoms with E-state index in [-0.39, 0.29) is 0 Å². The number of rotatable bonds is 4. The molecule has 2 saturated heterocycles. The Bertz CT molecular complexity index is 534. The normalized spacial score (nSPS) is 28.7. The monoisotopic (exact) mass is 353 g/mol. The number of hydrogen-bond donors (Lipinski definition) is 2. The second kappa shape index (κ2) is 5.97. The number of phenols is 1. The van der Waals surface area contributed by atoms with Gasteiger partial charge in [-0.1, -0.05) is 15.9 Å². The van der Waals surface area contributed by atoms with Gasteiger partial charge in [-0.3, -0.25) is 9.69 Å². The smallest absolute Gasteiger partial charge is 0.303 e. The molecule has 2 fully saturated rings. The average molecular weight is 354 g/mol. The van der Waals surface area contributed by atoms with E-state index >= 15 is 0 Å². The second-order valence-electron chi connectivity index (χ2n) is 6.27. The Balaban J connectivity index is 1.71. The third-order valence-corrected chi connectivity index (χ3v) is 5.33. The lowest BCUT2D eigenvalue weighted by atomic mass is 9.88. The first-order valence-corrected chi connectivity index (χ1v) is 8.27. The van der Waals surface area contributed by atoms with E-state index in [9.17, 15) is 9.90 Å². The lowest BCUT2D eigenvalue weighted by molar-refractivity contribution is -0.138. The highest BCUT2D eigenvalue weighted by atomic mass is 79.9. The highest BCUT2D eigenvalue weighted by molar-refractivity contribution is 9.10. The van der Waals surface area contributed by atoms with E-state index < -0.39 is 5.97 Å². The summed E-state index contributed by atoms with van der Waals surface area (Å²) in [6.45, 7) is 0.750. The lowest BCUT2D eigenvalue weighted by Crippen LogP contribution is -2.42. The van der Waals surface area contributed by atoms with Crippen LogP contribution in [0.4, 0.5) is 0 Å². The fourth-order valence-corrected chi connectivity index (χ4v) is 4.34. The standard InChI is InChI=1S/C16H20BrNO3/c17-12-1-4-15(19)11(8-12)9-18-13-2-3-14(18)6-10(5-13)7-16(20)21/h1,4,8,10,13-14,19H,2-3,5-7,9H2,(H,20,21). The summed E-state index contributed by atoms with van der Waals surface area (Å²) in [5.74, 6) is -0.0323. The molecule has 2 heterocycles. The number of benzene rings is 1. The van der Waals surface area contributed by atoms with Gasteiger partial charge in [0.1, 0.15) is 5.75 Å². The largest absolute Gasteiger partial charge is 0.508 e. The Labute approximate surface area is 132 Å². The summed E-state index contributed by atoms with van der Waals surface area (Å²) in [5.41, 5.74) is 0.943. The molecule has 114 valence electrons. The predicted octanol–water partition coefficient (Wildman–Crippen LogP) is 3.37. The third kappa shape index (κ3) is 3.24. The van der Waals surface area contributed by atoms with Gasteiger partial charge in [0.15, 0.2) is 0 Å². The number of carboxylic acids is 1. The summed E-state index contributed by atoms with van der Waals surface area (Å²) < 4.78 is 0.975. The van der Waals surface area contributed by atoms with Crippen molar-refractivity contribution in [2.45, 2.75) is 50.7 Å². The maximum atomic E-state index is 10.9. The molecule has 0 aliphatic carbocycles. The van der Waals surface area contributed by atoms with Crippen LogP contribution >= 0.6 is 15.9 Å². The zero-order valence-corrected chi connectivity index (χ0v) is 13.4. The molecule has 5 heteroatoms. The van der Waals surface area contributed by atoms with Crippen LogP contribution in [0, 0.1) is 5.92 Å². The van der Waals surface area contributed by atoms with Crippen LogP contribution in [-0.4, -0.2) is 33.2 Å². The van der Waals surface area contributed by atoms with Gasteiger partial charge < -0.3 is 10.2 Å². The second-order valence-corrected chi connectivity index (χ2v) is 7.18. The van der Waals surface area contributed by atoms with Crippen LogP contribution in [0.25, 0.3) is 0 Å². The summed E-state index contributed by atoms with van der Waals surface area (Å²) in [6, 6.07) is 6.46. The molecule has 0 radical (unpaired) electrons. The highest BCUT2D eigenvalue weighted by Crippen LogP contribution is 2.41. The van der Waals surface area contributed by atoms with Gasteiger partial charge in [-0.05, 0) is 49.8 Å². The van der Waals surface area contributed by atoms with Crippen molar-refractivity contribution in [2.75, 3.05) is 0 Å². The van der Waals surface area contributed by atoms with Gasteiger partial charge in [-0.25, -0.2) is 0 Å². The van der Waals surface area contributed by atoms with E-state index in [1.807, 2.05) is 12.1 Å². The van der Waals surface area contributed by atoms with Crippen molar-refractivity contribution in [1.29, 1.82) is 0 Å². The molecule has 2 aliphatic heterocycles. The van der Waals surface area contributed by atoms with Crippen molar-refractivity contribution < 1.29 is 15.0 Å². The molecule has 2 atom stereocenters. The third-order valence-electron chi connectivity index (χ3n) is 4.84. The van der Waals surface area contributed by atoms with Crippen molar-refractivity contribution in [2.24, 2.45) is 5.92 Å². The van der Waals surface area contributed by atoms with Crippen LogP contribution < -0.4 is 0 Å². The fraction of sp³-hybridized carbons (Fsp3) is 0.562. The molecule has 0 amide bonds. The maximum absolute atomic E-state index is 10.9. The SMILES string of the molecule is O=C(O)CC1CC2CCC(C1)N2Cc1cc(Br)ccc1O. The summed E-state index contributed by atoms with van der Waals surface area (Å²) in [7, 11) is 0. The van der Waals surface area contributed by atoms with E-state index in [0.29, 0.717) is 30.2 Å². The van der Waals surface area contributed by atoms with Crippen LogP contribution in [0.1, 0.15) is 37.7 Å². The van der Waals surface area contributed by atoms with Crippen LogP contribution in [0.3, 0.4) is 0 Å². The highest BCUT2D eigenvalue weighted by Gasteiger charge is 2.41. The van der Waals surface area contributed by atoms with Crippen LogP contribution in [0.2, 0.25) is 0 Å². The zero-order valence-electron chi connectivity index (χ0n) is 11.8. The molecule has 1 aromatic carbocycles. The zero-order chi connectivity index (χ0) is 15.0. The molecule has 2 aliphatic rings. The van der Waals surface area contributed by atoms with E-state index in [1.54, 1.807) is 6.07 Å². The minimum atomic E-state index is -0.683. The molecule has 3 rings (SSSR count). The van der Waals surface area contributed by atoms with Crippen molar-refractivity contribution >= 4 is 21.9 Å². The number of hydrogen-bond acceptors (Lipinski definition) is 3. The van der Waals surface area contributed by atoms with Crippen LogP contribution in [0.5, 0.6) is 5.75 Å². The predicted molar refractivity (Wildman–Crippen MR) is 83.1 cm³/mol. The number of carbonyl (C=O) groups is 1. The number of fused-ring (bicyclic) bond motifs is 2. The lowest BCUT2D eigenvalue weighted by Gasteiger charge is -2.38. The van der Waals surface area contributed by atoms with Crippen LogP contribution in [0.15, 0.2) is 22.7 Å². The first-order chi connectivity index (χ1) is 10.0. The van der Waals surface area contributed by atoms with Gasteiger partial charge >= 0.3 is 5.97 Å². The van der Waals surface area contributed by atoms with Gasteiger partial charge in [0.05, 0.1) is 0 Å². The van der Waals surface area contributed by atoms with Crippen molar-refractivity contribution in [3.63, 3.8) is 0 Å². The van der Waals surface area contributed by atoms with Crippen LogP contribution in [-0.2, 0) is 11.3 Å². The number of carboxylic acid groups (broad SMARTS) is 1. The topological polar surface area (TPSA) is 60.8 Å². The van der Waals surface area contributed by atoms with Crippen molar-refractivity contribution in [3.8, 4) is 5.75 Å². The summed E-state index contributed by atoms with van der Waals surface area (Å²) in [6.07, 6.45) is 4.53. The van der Waals surface area contributed by atoms with Gasteiger partial charge in [-0.2, -0.15) is 0 Å². The van der Waals surface area contributed by atoms with E-state index in [4.69, 9.17) is 5.11 Å². The number of aromatic hydroxyl groups is 1. The van der Waals surface area contributed by atoms with Gasteiger partial charge in [0.25, 0.3) is 0 Å². The molecule has 2 bridgehead atoms. The minimum absolute atomic E-state index is 0.295. The molecule has 21 heavy (non-hydrogen) atoms. The number of piperidine rings is 1. The van der Waals surface area contributed by atoms with Gasteiger partial charge in [-0.15, -0.1) is 0 Å². The van der Waals surface area contributed by atoms with E-state index in [1.165, 1.54) is 0 Å². The van der Waals surface area contributed by atoms with Gasteiger partial charge in [0, 0.05) is 35.1 Å². The van der Waals surface area contributed by atoms with Crippen molar-refractivity contribution in [3.05, 3.63) is 28.2 Å². The number of phenolic OH excluding ortho intramolecular Hbond substituents is 1. The summed E-state index contributed by atoms with van der Waals surface area (Å²) in [5, 5.41) is 19.0. The van der Waals surface area contributed by atoms with E-state index in [0.717, 1.165) is 42.3 Å². The fourth-order valence-electron chi connectivity index (χ4n) is 3.94. The molecule has 4 nitrogen and oxygen atoms in total. The molecular weight excluding hydrogens is 334 g/mol. The Kier molecular flexibility index (Phi) is 4.22. The molecule has 1 aromatic rings. The van der Waals surface area contributed by atoms with Gasteiger partial charge in [0.2, 0.25) is 0 Å². The van der Waals surface area contributed by atoms with Crippen molar-refractivity contribution in [1.82, 2.24) is 4.90 Å². The first kappa shape index (κ1) is 14.9. The molecular formula is C16H20BrNO3. The molecule has 0 saturated carbocycles. The quantitative estimate of drug-likeness (QED) is 0.870. The average Bonchev–Trinajstić information content (AvgIpc) is 2.65. The molecule has 2 N–H and O–H groups in total. The number of aliphatic carboxylic acids is 1. The Morgan fingerprint density at radius 3 is 2.57 bits per heavy atom. The number of halogens is 1. The number of nitrogens with zero attached hydrogens (tertiary/aromatic N) is 1.